The van der Waals surface area contributed by atoms with Crippen LogP contribution in [-0.4, -0.2) is 50.9 Å². The Morgan fingerprint density at radius 1 is 1.21 bits per heavy atom. The van der Waals surface area contributed by atoms with Crippen molar-refractivity contribution in [3.63, 3.8) is 0 Å². The second-order valence-electron chi connectivity index (χ2n) is 7.01. The van der Waals surface area contributed by atoms with E-state index in [-0.39, 0.29) is 17.0 Å². The molecule has 0 aromatic heterocycles. The van der Waals surface area contributed by atoms with Crippen molar-refractivity contribution in [3.8, 4) is 0 Å². The van der Waals surface area contributed by atoms with Gasteiger partial charge in [-0.1, -0.05) is 11.6 Å². The van der Waals surface area contributed by atoms with Gasteiger partial charge in [0.2, 0.25) is 15.9 Å². The van der Waals surface area contributed by atoms with Gasteiger partial charge in [-0.3, -0.25) is 4.79 Å². The first kappa shape index (κ1) is 21.4. The maximum atomic E-state index is 13.2. The van der Waals surface area contributed by atoms with Gasteiger partial charge in [0.1, 0.15) is 0 Å². The van der Waals surface area contributed by atoms with Gasteiger partial charge in [-0.2, -0.15) is 13.2 Å². The van der Waals surface area contributed by atoms with Crippen LogP contribution in [0, 0.1) is 0 Å². The van der Waals surface area contributed by atoms with E-state index in [4.69, 9.17) is 11.6 Å². The topological polar surface area (TPSA) is 78.5 Å². The van der Waals surface area contributed by atoms with Crippen molar-refractivity contribution >= 4 is 27.5 Å². The number of benzene rings is 1. The standard InChI is InChI=1S/C17H21ClF3N3O3S/c18-11-3-4-15(13(10-11)17(19,20)21)28(26,27)23-12-5-8-24(9-6-12)16(25)14-2-1-7-22-14/h3-4,10,12,14,22-23H,1-2,5-9H2/t14-/m1/s1. The molecule has 3 rings (SSSR count). The van der Waals surface area contributed by atoms with Gasteiger partial charge in [-0.25, -0.2) is 13.1 Å². The molecule has 156 valence electrons. The zero-order valence-electron chi connectivity index (χ0n) is 14.9. The molecule has 28 heavy (non-hydrogen) atoms. The largest absolute Gasteiger partial charge is 0.417 e. The average molecular weight is 440 g/mol. The number of likely N-dealkylation sites (tertiary alicyclic amines) is 1. The highest BCUT2D eigenvalue weighted by molar-refractivity contribution is 7.89. The fourth-order valence-electron chi connectivity index (χ4n) is 3.57. The molecule has 1 atom stereocenters. The van der Waals surface area contributed by atoms with Crippen molar-refractivity contribution in [3.05, 3.63) is 28.8 Å². The first-order valence-electron chi connectivity index (χ1n) is 8.99. The minimum Gasteiger partial charge on any atom is -0.341 e. The number of carbonyl (C=O) groups excluding carboxylic acids is 1. The molecule has 0 unspecified atom stereocenters. The summed E-state index contributed by atoms with van der Waals surface area (Å²) in [6.45, 7) is 1.52. The van der Waals surface area contributed by atoms with Crippen molar-refractivity contribution in [2.45, 2.75) is 48.8 Å². The first-order chi connectivity index (χ1) is 13.1. The fraction of sp³-hybridized carbons (Fsp3) is 0.588. The molecule has 0 saturated carbocycles. The normalized spacial score (nSPS) is 21.9. The lowest BCUT2D eigenvalue weighted by Crippen LogP contribution is -2.50. The van der Waals surface area contributed by atoms with E-state index < -0.39 is 32.7 Å². The quantitative estimate of drug-likeness (QED) is 0.755. The summed E-state index contributed by atoms with van der Waals surface area (Å²) >= 11 is 5.61. The molecule has 0 radical (unpaired) electrons. The van der Waals surface area contributed by atoms with E-state index >= 15 is 0 Å². The van der Waals surface area contributed by atoms with Gasteiger partial charge < -0.3 is 10.2 Å². The zero-order chi connectivity index (χ0) is 20.5. The van der Waals surface area contributed by atoms with E-state index in [1.807, 2.05) is 0 Å². The van der Waals surface area contributed by atoms with Gasteiger partial charge in [0.25, 0.3) is 0 Å². The van der Waals surface area contributed by atoms with E-state index in [2.05, 4.69) is 10.0 Å². The number of nitrogens with zero attached hydrogens (tertiary/aromatic N) is 1. The Kier molecular flexibility index (Phi) is 6.23. The second-order valence-corrected chi connectivity index (χ2v) is 9.13. The predicted octanol–water partition coefficient (Wildman–Crippen LogP) is 2.38. The van der Waals surface area contributed by atoms with Crippen molar-refractivity contribution in [2.75, 3.05) is 19.6 Å². The number of rotatable bonds is 4. The highest BCUT2D eigenvalue weighted by Gasteiger charge is 2.38. The molecule has 1 aromatic rings. The van der Waals surface area contributed by atoms with E-state index in [0.29, 0.717) is 32.0 Å². The Balaban J connectivity index is 1.67. The third-order valence-electron chi connectivity index (χ3n) is 5.02. The van der Waals surface area contributed by atoms with E-state index in [9.17, 15) is 26.4 Å². The summed E-state index contributed by atoms with van der Waals surface area (Å²) in [6, 6.07) is 1.84. The zero-order valence-corrected chi connectivity index (χ0v) is 16.5. The molecule has 1 amide bonds. The third kappa shape index (κ3) is 4.79. The molecule has 2 fully saturated rings. The molecular formula is C17H21ClF3N3O3S. The van der Waals surface area contributed by atoms with Crippen LogP contribution in [0.2, 0.25) is 5.02 Å². The van der Waals surface area contributed by atoms with Crippen LogP contribution in [0.15, 0.2) is 23.1 Å². The lowest BCUT2D eigenvalue weighted by molar-refractivity contribution is -0.140. The Bertz CT molecular complexity index is 834. The maximum Gasteiger partial charge on any atom is 0.417 e. The molecule has 0 aliphatic carbocycles. The van der Waals surface area contributed by atoms with Crippen LogP contribution in [0.4, 0.5) is 13.2 Å². The van der Waals surface area contributed by atoms with Crippen molar-refractivity contribution in [1.29, 1.82) is 0 Å². The number of carbonyl (C=O) groups is 1. The van der Waals surface area contributed by atoms with Crippen LogP contribution in [0.25, 0.3) is 0 Å². The molecule has 2 heterocycles. The SMILES string of the molecule is O=C([C@H]1CCCN1)N1CCC(NS(=O)(=O)c2ccc(Cl)cc2C(F)(F)F)CC1. The molecule has 2 saturated heterocycles. The van der Waals surface area contributed by atoms with Gasteiger partial charge in [-0.15, -0.1) is 0 Å². The van der Waals surface area contributed by atoms with Crippen molar-refractivity contribution in [1.82, 2.24) is 14.9 Å². The highest BCUT2D eigenvalue weighted by atomic mass is 35.5. The van der Waals surface area contributed by atoms with Crippen molar-refractivity contribution in [2.24, 2.45) is 0 Å². The Morgan fingerprint density at radius 3 is 2.46 bits per heavy atom. The van der Waals surface area contributed by atoms with Crippen LogP contribution < -0.4 is 10.0 Å². The maximum absolute atomic E-state index is 13.2. The molecule has 0 bridgehead atoms. The van der Waals surface area contributed by atoms with Gasteiger partial charge in [0.15, 0.2) is 0 Å². The van der Waals surface area contributed by atoms with Gasteiger partial charge in [0, 0.05) is 24.2 Å². The molecule has 2 aliphatic rings. The number of amides is 1. The van der Waals surface area contributed by atoms with Crippen LogP contribution in [0.1, 0.15) is 31.2 Å². The summed E-state index contributed by atoms with van der Waals surface area (Å²) in [6.07, 6.45) is -2.45. The molecule has 2 N–H and O–H groups in total. The van der Waals surface area contributed by atoms with Crippen LogP contribution >= 0.6 is 11.6 Å². The number of sulfonamides is 1. The molecule has 1 aromatic carbocycles. The second kappa shape index (κ2) is 8.17. The average Bonchev–Trinajstić information content (AvgIpc) is 3.15. The molecule has 0 spiro atoms. The predicted molar refractivity (Wildman–Crippen MR) is 97.4 cm³/mol. The van der Waals surface area contributed by atoms with E-state index in [1.54, 1.807) is 4.90 Å². The van der Waals surface area contributed by atoms with Crippen LogP contribution in [0.5, 0.6) is 0 Å². The number of nitrogens with one attached hydrogen (secondary N) is 2. The smallest absolute Gasteiger partial charge is 0.341 e. The summed E-state index contributed by atoms with van der Waals surface area (Å²) in [5, 5.41) is 2.93. The Morgan fingerprint density at radius 2 is 1.89 bits per heavy atom. The summed E-state index contributed by atoms with van der Waals surface area (Å²) in [7, 11) is -4.39. The third-order valence-corrected chi connectivity index (χ3v) is 6.84. The van der Waals surface area contributed by atoms with Gasteiger partial charge in [0.05, 0.1) is 16.5 Å². The number of halogens is 4. The fourth-order valence-corrected chi connectivity index (χ4v) is 5.26. The summed E-state index contributed by atoms with van der Waals surface area (Å²) in [5.41, 5.74) is -1.30. The summed E-state index contributed by atoms with van der Waals surface area (Å²) in [5.74, 6) is -0.00383. The first-order valence-corrected chi connectivity index (χ1v) is 10.9. The van der Waals surface area contributed by atoms with E-state index in [0.717, 1.165) is 31.5 Å². The minimum absolute atomic E-state index is 0.00383. The highest BCUT2D eigenvalue weighted by Crippen LogP contribution is 2.36. The summed E-state index contributed by atoms with van der Waals surface area (Å²) in [4.78, 5) is 13.2. The number of hydrogen-bond acceptors (Lipinski definition) is 4. The number of piperidine rings is 1. The van der Waals surface area contributed by atoms with Crippen molar-refractivity contribution < 1.29 is 26.4 Å². The van der Waals surface area contributed by atoms with Gasteiger partial charge >= 0.3 is 6.18 Å². The minimum atomic E-state index is -4.85. The Labute approximate surface area is 166 Å². The summed E-state index contributed by atoms with van der Waals surface area (Å²) < 4.78 is 67.1. The molecule has 6 nitrogen and oxygen atoms in total. The van der Waals surface area contributed by atoms with Gasteiger partial charge in [-0.05, 0) is 50.4 Å². The van der Waals surface area contributed by atoms with E-state index in [1.165, 1.54) is 0 Å². The van der Waals surface area contributed by atoms with Crippen LogP contribution in [0.3, 0.4) is 0 Å². The molecule has 2 aliphatic heterocycles. The van der Waals surface area contributed by atoms with Crippen LogP contribution in [-0.2, 0) is 21.0 Å². The lowest BCUT2D eigenvalue weighted by Gasteiger charge is -2.33. The molecule has 11 heteroatoms. The lowest BCUT2D eigenvalue weighted by atomic mass is 10.0. The number of hydrogen-bond donors (Lipinski definition) is 2. The number of alkyl halides is 3. The Hall–Kier alpha value is -1.36. The monoisotopic (exact) mass is 439 g/mol. The molecular weight excluding hydrogens is 419 g/mol.